The molecule has 0 unspecified atom stereocenters. The zero-order chi connectivity index (χ0) is 26.6. The summed E-state index contributed by atoms with van der Waals surface area (Å²) < 4.78 is 0. The number of hydrogen-bond acceptors (Lipinski definition) is 3. The molecule has 37 heavy (non-hydrogen) atoms. The van der Waals surface area contributed by atoms with Crippen molar-refractivity contribution in [2.24, 2.45) is 4.99 Å². The Morgan fingerprint density at radius 2 is 1.51 bits per heavy atom. The van der Waals surface area contributed by atoms with Crippen LogP contribution in [0.3, 0.4) is 0 Å². The van der Waals surface area contributed by atoms with Crippen LogP contribution in [0.15, 0.2) is 144 Å². The van der Waals surface area contributed by atoms with E-state index in [-0.39, 0.29) is 0 Å². The van der Waals surface area contributed by atoms with Crippen molar-refractivity contribution in [3.8, 4) is 0 Å². The second-order valence-electron chi connectivity index (χ2n) is 9.00. The smallest absolute Gasteiger partial charge is 0.0631 e. The summed E-state index contributed by atoms with van der Waals surface area (Å²) in [6.07, 6.45) is 14.1. The summed E-state index contributed by atoms with van der Waals surface area (Å²) in [4.78, 5) is 9.11. The summed E-state index contributed by atoms with van der Waals surface area (Å²) in [5.74, 6) is 0. The number of hydrogen-bond donors (Lipinski definition) is 0. The third-order valence-corrected chi connectivity index (χ3v) is 5.69. The van der Waals surface area contributed by atoms with E-state index in [2.05, 4.69) is 129 Å². The fraction of sp³-hybridized carbons (Fsp3) is 0.147. The fourth-order valence-corrected chi connectivity index (χ4v) is 3.95. The van der Waals surface area contributed by atoms with E-state index < -0.39 is 0 Å². The molecule has 188 valence electrons. The molecule has 0 aliphatic carbocycles. The van der Waals surface area contributed by atoms with Crippen LogP contribution >= 0.6 is 0 Å². The lowest BCUT2D eigenvalue weighted by Crippen LogP contribution is -2.15. The molecule has 0 radical (unpaired) electrons. The lowest BCUT2D eigenvalue weighted by molar-refractivity contribution is 1.12. The van der Waals surface area contributed by atoms with Gasteiger partial charge in [0.2, 0.25) is 0 Å². The molecule has 0 aliphatic heterocycles. The molecule has 0 spiro atoms. The van der Waals surface area contributed by atoms with E-state index in [0.717, 1.165) is 34.1 Å². The summed E-state index contributed by atoms with van der Waals surface area (Å²) in [7, 11) is 2.06. The second kappa shape index (κ2) is 13.6. The lowest BCUT2D eigenvalue weighted by atomic mass is 10.1. The van der Waals surface area contributed by atoms with E-state index in [9.17, 15) is 0 Å². The van der Waals surface area contributed by atoms with Crippen LogP contribution in [0.5, 0.6) is 0 Å². The maximum absolute atomic E-state index is 4.72. The van der Waals surface area contributed by atoms with E-state index in [1.165, 1.54) is 11.1 Å². The standard InChI is InChI=1S/C34H37N3/c1-7-13-31(37(32-16-10-9-11-17-32)34-18-12-15-28(5)26-34)23-24-35-29-19-21-30(22-20-29)36(6)33(14-8-2)25-27(3)4/h7-26H,2H2,1,3-6H3/b13-7-,31-23+,33-14+,35-24?. The van der Waals surface area contributed by atoms with Gasteiger partial charge in [-0.2, -0.15) is 0 Å². The SMILES string of the molecule is C=C/C=C(\C=C(C)C)N(C)c1ccc(N=C/C=C(\C=C/C)N(c2ccccc2)c2cccc(C)c2)cc1. The van der Waals surface area contributed by atoms with Crippen molar-refractivity contribution in [3.63, 3.8) is 0 Å². The van der Waals surface area contributed by atoms with Gasteiger partial charge in [-0.25, -0.2) is 0 Å². The van der Waals surface area contributed by atoms with E-state index in [1.807, 2.05) is 43.5 Å². The monoisotopic (exact) mass is 487 g/mol. The average molecular weight is 488 g/mol. The van der Waals surface area contributed by atoms with Gasteiger partial charge in [-0.15, -0.1) is 0 Å². The van der Waals surface area contributed by atoms with Crippen molar-refractivity contribution in [2.75, 3.05) is 16.8 Å². The molecule has 3 aromatic rings. The Labute approximate surface area is 222 Å². The molecule has 0 aromatic heterocycles. The van der Waals surface area contributed by atoms with Gasteiger partial charge in [-0.1, -0.05) is 54.6 Å². The lowest BCUT2D eigenvalue weighted by Gasteiger charge is -2.26. The van der Waals surface area contributed by atoms with Gasteiger partial charge in [0.15, 0.2) is 0 Å². The van der Waals surface area contributed by atoms with E-state index in [1.54, 1.807) is 0 Å². The first-order valence-corrected chi connectivity index (χ1v) is 12.5. The first-order valence-electron chi connectivity index (χ1n) is 12.5. The maximum atomic E-state index is 4.72. The second-order valence-corrected chi connectivity index (χ2v) is 9.00. The Bertz CT molecular complexity index is 1320. The molecule has 0 amide bonds. The third-order valence-electron chi connectivity index (χ3n) is 5.69. The number of likely N-dealkylation sites (N-methyl/N-ethyl adjacent to an activating group) is 1. The molecule has 0 aliphatic rings. The molecular weight excluding hydrogens is 450 g/mol. The van der Waals surface area contributed by atoms with E-state index in [0.29, 0.717) is 0 Å². The molecule has 0 atom stereocenters. The Morgan fingerprint density at radius 3 is 2.14 bits per heavy atom. The first-order chi connectivity index (χ1) is 17.9. The Morgan fingerprint density at radius 1 is 0.811 bits per heavy atom. The summed E-state index contributed by atoms with van der Waals surface area (Å²) >= 11 is 0. The molecule has 0 bridgehead atoms. The van der Waals surface area contributed by atoms with Crippen LogP contribution in [-0.4, -0.2) is 13.3 Å². The van der Waals surface area contributed by atoms with Crippen molar-refractivity contribution in [2.45, 2.75) is 27.7 Å². The van der Waals surface area contributed by atoms with Gasteiger partial charge in [-0.05, 0) is 106 Å². The quantitative estimate of drug-likeness (QED) is 0.209. The molecule has 0 fully saturated rings. The molecule has 0 saturated carbocycles. The third kappa shape index (κ3) is 7.81. The summed E-state index contributed by atoms with van der Waals surface area (Å²) in [5, 5.41) is 0. The topological polar surface area (TPSA) is 18.8 Å². The predicted molar refractivity (Wildman–Crippen MR) is 163 cm³/mol. The summed E-state index contributed by atoms with van der Waals surface area (Å²) in [6, 6.07) is 27.2. The fourth-order valence-electron chi connectivity index (χ4n) is 3.95. The van der Waals surface area contributed by atoms with Gasteiger partial charge in [0.25, 0.3) is 0 Å². The van der Waals surface area contributed by atoms with Gasteiger partial charge in [0.05, 0.1) is 5.69 Å². The highest BCUT2D eigenvalue weighted by Gasteiger charge is 2.12. The Kier molecular flexibility index (Phi) is 10.0. The number of aliphatic imine (C=N–C) groups is 1. The number of benzene rings is 3. The van der Waals surface area contributed by atoms with Crippen LogP contribution in [0.2, 0.25) is 0 Å². The molecular formula is C34H37N3. The average Bonchev–Trinajstić information content (AvgIpc) is 2.89. The predicted octanol–water partition coefficient (Wildman–Crippen LogP) is 9.47. The molecule has 0 heterocycles. The van der Waals surface area contributed by atoms with Gasteiger partial charge >= 0.3 is 0 Å². The number of nitrogens with zero attached hydrogens (tertiary/aromatic N) is 3. The van der Waals surface area contributed by atoms with Gasteiger partial charge in [0, 0.05) is 41.7 Å². The van der Waals surface area contributed by atoms with E-state index >= 15 is 0 Å². The summed E-state index contributed by atoms with van der Waals surface area (Å²) in [5.41, 5.74) is 8.75. The number of rotatable bonds is 10. The van der Waals surface area contributed by atoms with Crippen molar-refractivity contribution in [1.29, 1.82) is 0 Å². The van der Waals surface area contributed by atoms with Crippen LogP contribution < -0.4 is 9.80 Å². The van der Waals surface area contributed by atoms with Crippen molar-refractivity contribution < 1.29 is 0 Å². The molecule has 0 N–H and O–H groups in total. The van der Waals surface area contributed by atoms with E-state index in [4.69, 9.17) is 4.99 Å². The minimum atomic E-state index is 0.895. The number of allylic oxidation sites excluding steroid dienone is 7. The molecule has 3 nitrogen and oxygen atoms in total. The summed E-state index contributed by atoms with van der Waals surface area (Å²) in [6.45, 7) is 12.2. The highest BCUT2D eigenvalue weighted by Crippen LogP contribution is 2.31. The molecule has 3 rings (SSSR count). The largest absolute Gasteiger partial charge is 0.345 e. The Hall–Kier alpha value is -4.37. The molecule has 3 heteroatoms. The highest BCUT2D eigenvalue weighted by molar-refractivity contribution is 5.81. The van der Waals surface area contributed by atoms with Crippen LogP contribution in [-0.2, 0) is 0 Å². The maximum Gasteiger partial charge on any atom is 0.0631 e. The van der Waals surface area contributed by atoms with Crippen LogP contribution in [0.4, 0.5) is 22.7 Å². The highest BCUT2D eigenvalue weighted by atomic mass is 15.1. The van der Waals surface area contributed by atoms with Crippen LogP contribution in [0, 0.1) is 6.92 Å². The zero-order valence-electron chi connectivity index (χ0n) is 22.6. The van der Waals surface area contributed by atoms with Crippen molar-refractivity contribution in [3.05, 3.63) is 144 Å². The normalized spacial score (nSPS) is 12.1. The van der Waals surface area contributed by atoms with Crippen LogP contribution in [0.25, 0.3) is 0 Å². The minimum absolute atomic E-state index is 0.895. The van der Waals surface area contributed by atoms with Crippen molar-refractivity contribution in [1.82, 2.24) is 0 Å². The van der Waals surface area contributed by atoms with Crippen molar-refractivity contribution >= 4 is 29.0 Å². The first kappa shape index (κ1) is 27.2. The number of anilines is 3. The molecule has 0 saturated heterocycles. The van der Waals surface area contributed by atoms with Crippen LogP contribution in [0.1, 0.15) is 26.3 Å². The number of aryl methyl sites for hydroxylation is 1. The van der Waals surface area contributed by atoms with Gasteiger partial charge < -0.3 is 9.80 Å². The van der Waals surface area contributed by atoms with Gasteiger partial charge in [-0.3, -0.25) is 4.99 Å². The zero-order valence-corrected chi connectivity index (χ0v) is 22.6. The number of para-hydroxylation sites is 1. The molecule has 3 aromatic carbocycles. The van der Waals surface area contributed by atoms with Gasteiger partial charge in [0.1, 0.15) is 0 Å². The minimum Gasteiger partial charge on any atom is -0.345 e. The Balaban J connectivity index is 1.90.